The van der Waals surface area contributed by atoms with Crippen LogP contribution in [0.2, 0.25) is 0 Å². The summed E-state index contributed by atoms with van der Waals surface area (Å²) >= 11 is 0. The van der Waals surface area contributed by atoms with Crippen LogP contribution in [0.25, 0.3) is 0 Å². The van der Waals surface area contributed by atoms with E-state index >= 15 is 0 Å². The first-order valence-corrected chi connectivity index (χ1v) is 8.53. The van der Waals surface area contributed by atoms with Gasteiger partial charge in [-0.25, -0.2) is 0 Å². The summed E-state index contributed by atoms with van der Waals surface area (Å²) in [5, 5.41) is 2.73. The van der Waals surface area contributed by atoms with Crippen LogP contribution in [0.3, 0.4) is 0 Å². The largest absolute Gasteiger partial charge is 0.416 e. The van der Waals surface area contributed by atoms with Crippen molar-refractivity contribution >= 4 is 17.5 Å². The lowest BCUT2D eigenvalue weighted by atomic mass is 10.1. The summed E-state index contributed by atoms with van der Waals surface area (Å²) in [5.41, 5.74) is 0.640. The Morgan fingerprint density at radius 3 is 2.19 bits per heavy atom. The van der Waals surface area contributed by atoms with E-state index in [9.17, 15) is 22.8 Å². The first kappa shape index (κ1) is 20.5. The van der Waals surface area contributed by atoms with Crippen molar-refractivity contribution < 1.29 is 22.8 Å². The van der Waals surface area contributed by atoms with Crippen molar-refractivity contribution in [3.8, 4) is 0 Å². The number of carbonyl (C=O) groups excluding carboxylic acids is 2. The number of hydrogen-bond donors (Lipinski definition) is 1. The van der Waals surface area contributed by atoms with Gasteiger partial charge in [0.1, 0.15) is 0 Å². The molecule has 0 spiro atoms. The van der Waals surface area contributed by atoms with Gasteiger partial charge < -0.3 is 10.2 Å². The zero-order valence-corrected chi connectivity index (χ0v) is 14.9. The first-order valence-electron chi connectivity index (χ1n) is 8.53. The Labute approximate surface area is 156 Å². The molecule has 1 N–H and O–H groups in total. The second kappa shape index (κ2) is 9.21. The number of nitrogens with one attached hydrogen (secondary N) is 1. The molecule has 0 bridgehead atoms. The van der Waals surface area contributed by atoms with Crippen LogP contribution in [0, 0.1) is 0 Å². The fourth-order valence-corrected chi connectivity index (χ4v) is 2.60. The minimum atomic E-state index is -4.42. The molecule has 0 fully saturated rings. The third-order valence-corrected chi connectivity index (χ3v) is 4.03. The Hall–Kier alpha value is -2.83. The van der Waals surface area contributed by atoms with Gasteiger partial charge in [-0.3, -0.25) is 9.59 Å². The number of carbonyl (C=O) groups is 2. The van der Waals surface area contributed by atoms with Crippen molar-refractivity contribution in [1.29, 1.82) is 0 Å². The number of nitrogens with zero attached hydrogens (tertiary/aromatic N) is 1. The summed E-state index contributed by atoms with van der Waals surface area (Å²) in [5.74, 6) is -0.455. The number of benzene rings is 2. The van der Waals surface area contributed by atoms with E-state index in [4.69, 9.17) is 0 Å². The van der Waals surface area contributed by atoms with E-state index in [0.717, 1.165) is 17.7 Å². The predicted molar refractivity (Wildman–Crippen MR) is 97.2 cm³/mol. The summed E-state index contributed by atoms with van der Waals surface area (Å²) in [6.07, 6.45) is -3.49. The van der Waals surface area contributed by atoms with E-state index in [1.807, 2.05) is 30.3 Å². The molecular weight excluding hydrogens is 357 g/mol. The topological polar surface area (TPSA) is 49.4 Å². The fraction of sp³-hybridized carbons (Fsp3) is 0.300. The third-order valence-electron chi connectivity index (χ3n) is 4.03. The Kier molecular flexibility index (Phi) is 6.98. The maximum Gasteiger partial charge on any atom is 0.416 e. The number of hydrogen-bond acceptors (Lipinski definition) is 2. The molecule has 4 nitrogen and oxygen atoms in total. The average molecular weight is 378 g/mol. The van der Waals surface area contributed by atoms with E-state index in [1.54, 1.807) is 0 Å². The number of anilines is 1. The van der Waals surface area contributed by atoms with Crippen molar-refractivity contribution in [3.05, 3.63) is 65.7 Å². The molecule has 0 aromatic heterocycles. The van der Waals surface area contributed by atoms with Crippen LogP contribution in [0.4, 0.5) is 18.9 Å². The second-order valence-electron chi connectivity index (χ2n) is 6.05. The van der Waals surface area contributed by atoms with Gasteiger partial charge in [-0.1, -0.05) is 30.3 Å². The number of aryl methyl sites for hydroxylation is 1. The zero-order valence-electron chi connectivity index (χ0n) is 14.9. The molecule has 144 valence electrons. The molecule has 0 aliphatic rings. The molecule has 0 aliphatic heterocycles. The summed E-state index contributed by atoms with van der Waals surface area (Å²) in [7, 11) is 0. The summed E-state index contributed by atoms with van der Waals surface area (Å²) in [4.78, 5) is 25.1. The van der Waals surface area contributed by atoms with Gasteiger partial charge in [0.15, 0.2) is 0 Å². The molecule has 2 amide bonds. The van der Waals surface area contributed by atoms with Crippen molar-refractivity contribution in [2.45, 2.75) is 25.9 Å². The van der Waals surface area contributed by atoms with Crippen LogP contribution in [0.15, 0.2) is 54.6 Å². The molecule has 0 saturated carbocycles. The lowest BCUT2D eigenvalue weighted by Crippen LogP contribution is -2.37. The number of halogens is 3. The quantitative estimate of drug-likeness (QED) is 0.797. The highest BCUT2D eigenvalue weighted by Crippen LogP contribution is 2.30. The summed E-state index contributed by atoms with van der Waals surface area (Å²) in [6.45, 7) is 1.72. The Morgan fingerprint density at radius 2 is 1.63 bits per heavy atom. The number of alkyl halides is 3. The van der Waals surface area contributed by atoms with Crippen molar-refractivity contribution in [2.75, 3.05) is 18.0 Å². The Bertz CT molecular complexity index is 759. The minimum Gasteiger partial charge on any atom is -0.354 e. The van der Waals surface area contributed by atoms with E-state index in [2.05, 4.69) is 5.32 Å². The molecule has 7 heteroatoms. The van der Waals surface area contributed by atoms with Crippen LogP contribution in [-0.2, 0) is 22.2 Å². The van der Waals surface area contributed by atoms with E-state index in [1.165, 1.54) is 24.0 Å². The van der Waals surface area contributed by atoms with Crippen LogP contribution in [0.5, 0.6) is 0 Å². The molecule has 2 aromatic carbocycles. The van der Waals surface area contributed by atoms with E-state index in [-0.39, 0.29) is 24.9 Å². The number of amides is 2. The molecular formula is C20H21F3N2O2. The highest BCUT2D eigenvalue weighted by molar-refractivity contribution is 5.91. The normalized spacial score (nSPS) is 11.1. The Balaban J connectivity index is 1.85. The molecule has 0 heterocycles. The monoisotopic (exact) mass is 378 g/mol. The molecule has 2 aromatic rings. The molecule has 0 unspecified atom stereocenters. The SMILES string of the molecule is CC(=O)N(CCNC(=O)CCc1ccccc1)c1ccc(C(F)(F)F)cc1. The molecule has 2 rings (SSSR count). The lowest BCUT2D eigenvalue weighted by Gasteiger charge is -2.22. The van der Waals surface area contributed by atoms with Crippen LogP contribution >= 0.6 is 0 Å². The van der Waals surface area contributed by atoms with Gasteiger partial charge in [0.25, 0.3) is 0 Å². The maximum atomic E-state index is 12.6. The zero-order chi connectivity index (χ0) is 19.9. The van der Waals surface area contributed by atoms with Gasteiger partial charge in [-0.2, -0.15) is 13.2 Å². The van der Waals surface area contributed by atoms with Gasteiger partial charge in [0, 0.05) is 32.1 Å². The summed E-state index contributed by atoms with van der Waals surface area (Å²) in [6, 6.07) is 14.0. The predicted octanol–water partition coefficient (Wildman–Crippen LogP) is 3.81. The highest BCUT2D eigenvalue weighted by atomic mass is 19.4. The average Bonchev–Trinajstić information content (AvgIpc) is 2.63. The Morgan fingerprint density at radius 1 is 1.00 bits per heavy atom. The first-order chi connectivity index (χ1) is 12.8. The highest BCUT2D eigenvalue weighted by Gasteiger charge is 2.30. The van der Waals surface area contributed by atoms with Gasteiger partial charge in [0.2, 0.25) is 11.8 Å². The van der Waals surface area contributed by atoms with Crippen molar-refractivity contribution in [2.24, 2.45) is 0 Å². The van der Waals surface area contributed by atoms with E-state index in [0.29, 0.717) is 18.5 Å². The molecule has 27 heavy (non-hydrogen) atoms. The fourth-order valence-electron chi connectivity index (χ4n) is 2.60. The lowest BCUT2D eigenvalue weighted by molar-refractivity contribution is -0.137. The van der Waals surface area contributed by atoms with Crippen LogP contribution < -0.4 is 10.2 Å². The van der Waals surface area contributed by atoms with Gasteiger partial charge in [-0.15, -0.1) is 0 Å². The molecule has 0 radical (unpaired) electrons. The van der Waals surface area contributed by atoms with Gasteiger partial charge in [0.05, 0.1) is 5.56 Å². The van der Waals surface area contributed by atoms with Crippen molar-refractivity contribution in [3.63, 3.8) is 0 Å². The molecule has 0 saturated heterocycles. The number of rotatable bonds is 7. The van der Waals surface area contributed by atoms with Crippen LogP contribution in [0.1, 0.15) is 24.5 Å². The van der Waals surface area contributed by atoms with Crippen LogP contribution in [-0.4, -0.2) is 24.9 Å². The van der Waals surface area contributed by atoms with Gasteiger partial charge >= 0.3 is 6.18 Å². The third kappa shape index (κ3) is 6.44. The second-order valence-corrected chi connectivity index (χ2v) is 6.05. The van der Waals surface area contributed by atoms with E-state index < -0.39 is 11.7 Å². The maximum absolute atomic E-state index is 12.6. The molecule has 0 atom stereocenters. The smallest absolute Gasteiger partial charge is 0.354 e. The van der Waals surface area contributed by atoms with Crippen molar-refractivity contribution in [1.82, 2.24) is 5.32 Å². The van der Waals surface area contributed by atoms with Gasteiger partial charge in [-0.05, 0) is 36.2 Å². The minimum absolute atomic E-state index is 0.144. The summed E-state index contributed by atoms with van der Waals surface area (Å²) < 4.78 is 37.9. The standard InChI is InChI=1S/C20H21F3N2O2/c1-15(26)25(18-10-8-17(9-11-18)20(21,22)23)14-13-24-19(27)12-7-16-5-3-2-4-6-16/h2-6,8-11H,7,12-14H2,1H3,(H,24,27). The molecule has 0 aliphatic carbocycles.